The predicted molar refractivity (Wildman–Crippen MR) is 69.5 cm³/mol. The number of halogens is 1. The van der Waals surface area contributed by atoms with Gasteiger partial charge in [-0.2, -0.15) is 0 Å². The zero-order valence-corrected chi connectivity index (χ0v) is 10.3. The highest BCUT2D eigenvalue weighted by atomic mass is 35.5. The van der Waals surface area contributed by atoms with Gasteiger partial charge in [0.2, 0.25) is 0 Å². The lowest BCUT2D eigenvalue weighted by Crippen LogP contribution is -2.22. The Labute approximate surface area is 105 Å². The molecule has 0 heterocycles. The summed E-state index contributed by atoms with van der Waals surface area (Å²) in [5.41, 5.74) is 0. The highest BCUT2D eigenvalue weighted by molar-refractivity contribution is 6.64. The van der Waals surface area contributed by atoms with Gasteiger partial charge in [0.15, 0.2) is 6.10 Å². The molecule has 0 aliphatic heterocycles. The molecular weight excluding hydrogens is 236 g/mol. The van der Waals surface area contributed by atoms with Crippen LogP contribution in [0.15, 0.2) is 42.5 Å². The maximum Gasteiger partial charge on any atom is 0.262 e. The van der Waals surface area contributed by atoms with Gasteiger partial charge in [0.05, 0.1) is 0 Å². The molecule has 0 radical (unpaired) electrons. The molecule has 0 amide bonds. The first-order valence-corrected chi connectivity index (χ1v) is 5.94. The molecule has 88 valence electrons. The van der Waals surface area contributed by atoms with Crippen LogP contribution in [0, 0.1) is 0 Å². The van der Waals surface area contributed by atoms with Crippen LogP contribution in [0.1, 0.15) is 13.3 Å². The summed E-state index contributed by atoms with van der Waals surface area (Å²) in [5, 5.41) is 1.62. The third-order valence-electron chi connectivity index (χ3n) is 2.64. The SMILES string of the molecule is CC[C@H](Oc1cccc2ccccc12)C(=O)Cl. The molecule has 0 saturated heterocycles. The summed E-state index contributed by atoms with van der Waals surface area (Å²) in [5.74, 6) is 0.698. The summed E-state index contributed by atoms with van der Waals surface area (Å²) in [7, 11) is 0. The van der Waals surface area contributed by atoms with Crippen LogP contribution in [0.5, 0.6) is 5.75 Å². The van der Waals surface area contributed by atoms with E-state index in [4.69, 9.17) is 16.3 Å². The summed E-state index contributed by atoms with van der Waals surface area (Å²) in [4.78, 5) is 11.2. The van der Waals surface area contributed by atoms with E-state index in [-0.39, 0.29) is 0 Å². The lowest BCUT2D eigenvalue weighted by Gasteiger charge is -2.15. The van der Waals surface area contributed by atoms with Crippen molar-refractivity contribution in [2.45, 2.75) is 19.4 Å². The number of hydrogen-bond acceptors (Lipinski definition) is 2. The Morgan fingerprint density at radius 1 is 1.24 bits per heavy atom. The molecule has 2 rings (SSSR count). The van der Waals surface area contributed by atoms with E-state index in [2.05, 4.69) is 0 Å². The van der Waals surface area contributed by atoms with Crippen molar-refractivity contribution in [2.24, 2.45) is 0 Å². The monoisotopic (exact) mass is 248 g/mol. The highest BCUT2D eigenvalue weighted by Gasteiger charge is 2.16. The summed E-state index contributed by atoms with van der Waals surface area (Å²) in [6.07, 6.45) is -0.0200. The van der Waals surface area contributed by atoms with Crippen molar-refractivity contribution in [3.05, 3.63) is 42.5 Å². The number of carbonyl (C=O) groups excluding carboxylic acids is 1. The maximum absolute atomic E-state index is 11.2. The Hall–Kier alpha value is -1.54. The fourth-order valence-electron chi connectivity index (χ4n) is 1.74. The van der Waals surface area contributed by atoms with Crippen LogP contribution >= 0.6 is 11.6 Å². The van der Waals surface area contributed by atoms with Gasteiger partial charge >= 0.3 is 0 Å². The van der Waals surface area contributed by atoms with Gasteiger partial charge in [-0.15, -0.1) is 0 Å². The summed E-state index contributed by atoms with van der Waals surface area (Å²) in [6, 6.07) is 13.6. The number of hydrogen-bond donors (Lipinski definition) is 0. The molecule has 0 aromatic heterocycles. The first kappa shape index (κ1) is 11.9. The van der Waals surface area contributed by atoms with Gasteiger partial charge in [-0.25, -0.2) is 0 Å². The summed E-state index contributed by atoms with van der Waals surface area (Å²) in [6.45, 7) is 1.87. The molecule has 0 N–H and O–H groups in total. The molecular formula is C14H13ClO2. The minimum Gasteiger partial charge on any atom is -0.481 e. The van der Waals surface area contributed by atoms with E-state index >= 15 is 0 Å². The molecule has 2 aromatic carbocycles. The van der Waals surface area contributed by atoms with Gasteiger partial charge < -0.3 is 4.74 Å². The molecule has 17 heavy (non-hydrogen) atoms. The number of fused-ring (bicyclic) bond motifs is 1. The molecule has 3 heteroatoms. The minimum absolute atomic E-state index is 0.458. The van der Waals surface area contributed by atoms with Crippen molar-refractivity contribution < 1.29 is 9.53 Å². The topological polar surface area (TPSA) is 26.3 Å². The third kappa shape index (κ3) is 2.59. The van der Waals surface area contributed by atoms with E-state index in [0.717, 1.165) is 10.8 Å². The van der Waals surface area contributed by atoms with Gasteiger partial charge in [-0.1, -0.05) is 43.3 Å². The first-order valence-electron chi connectivity index (χ1n) is 5.56. The number of rotatable bonds is 4. The van der Waals surface area contributed by atoms with E-state index in [1.165, 1.54) is 0 Å². The highest BCUT2D eigenvalue weighted by Crippen LogP contribution is 2.26. The van der Waals surface area contributed by atoms with Crippen LogP contribution in [-0.4, -0.2) is 11.3 Å². The molecule has 0 fully saturated rings. The Morgan fingerprint density at radius 2 is 1.94 bits per heavy atom. The normalized spacial score (nSPS) is 12.4. The minimum atomic E-state index is -0.581. The number of ether oxygens (including phenoxy) is 1. The smallest absolute Gasteiger partial charge is 0.262 e. The first-order chi connectivity index (χ1) is 8.22. The Bertz CT molecular complexity index is 531. The van der Waals surface area contributed by atoms with Crippen LogP contribution in [0.3, 0.4) is 0 Å². The zero-order valence-electron chi connectivity index (χ0n) is 9.52. The van der Waals surface area contributed by atoms with Crippen molar-refractivity contribution in [3.8, 4) is 5.75 Å². The van der Waals surface area contributed by atoms with E-state index in [9.17, 15) is 4.79 Å². The molecule has 1 atom stereocenters. The second-order valence-corrected chi connectivity index (χ2v) is 4.17. The van der Waals surface area contributed by atoms with Gasteiger partial charge in [-0.05, 0) is 29.5 Å². The molecule has 0 spiro atoms. The molecule has 0 saturated carbocycles. The fraction of sp³-hybridized carbons (Fsp3) is 0.214. The number of carbonyl (C=O) groups is 1. The van der Waals surface area contributed by atoms with Crippen LogP contribution < -0.4 is 4.74 Å². The second-order valence-electron chi connectivity index (χ2n) is 3.80. The van der Waals surface area contributed by atoms with Crippen molar-refractivity contribution in [1.82, 2.24) is 0 Å². The van der Waals surface area contributed by atoms with Crippen LogP contribution in [0.4, 0.5) is 0 Å². The second kappa shape index (κ2) is 5.19. The fourth-order valence-corrected chi connectivity index (χ4v) is 1.94. The summed E-state index contributed by atoms with van der Waals surface area (Å²) < 4.78 is 5.66. The largest absolute Gasteiger partial charge is 0.481 e. The zero-order chi connectivity index (χ0) is 12.3. The number of benzene rings is 2. The van der Waals surface area contributed by atoms with E-state index in [1.807, 2.05) is 49.4 Å². The van der Waals surface area contributed by atoms with E-state index < -0.39 is 11.3 Å². The lowest BCUT2D eigenvalue weighted by atomic mass is 10.1. The van der Waals surface area contributed by atoms with Gasteiger partial charge in [0, 0.05) is 5.39 Å². The van der Waals surface area contributed by atoms with Crippen LogP contribution in [-0.2, 0) is 4.79 Å². The lowest BCUT2D eigenvalue weighted by molar-refractivity contribution is -0.117. The maximum atomic E-state index is 11.2. The van der Waals surface area contributed by atoms with Crippen LogP contribution in [0.2, 0.25) is 0 Å². The third-order valence-corrected chi connectivity index (χ3v) is 2.89. The molecule has 2 nitrogen and oxygen atoms in total. The Kier molecular flexibility index (Phi) is 3.64. The van der Waals surface area contributed by atoms with Gasteiger partial charge in [-0.3, -0.25) is 4.79 Å². The molecule has 0 aliphatic carbocycles. The average molecular weight is 249 g/mol. The molecule has 2 aromatic rings. The van der Waals surface area contributed by atoms with Crippen molar-refractivity contribution >= 4 is 27.6 Å². The quantitative estimate of drug-likeness (QED) is 0.770. The molecule has 0 aliphatic rings. The molecule has 0 unspecified atom stereocenters. The van der Waals surface area contributed by atoms with Gasteiger partial charge in [0.1, 0.15) is 5.75 Å². The Morgan fingerprint density at radius 3 is 2.65 bits per heavy atom. The summed E-state index contributed by atoms with van der Waals surface area (Å²) >= 11 is 5.48. The van der Waals surface area contributed by atoms with Crippen molar-refractivity contribution in [1.29, 1.82) is 0 Å². The van der Waals surface area contributed by atoms with Crippen molar-refractivity contribution in [2.75, 3.05) is 0 Å². The van der Waals surface area contributed by atoms with E-state index in [0.29, 0.717) is 12.2 Å². The van der Waals surface area contributed by atoms with Crippen LogP contribution in [0.25, 0.3) is 10.8 Å². The van der Waals surface area contributed by atoms with Crippen molar-refractivity contribution in [3.63, 3.8) is 0 Å². The predicted octanol–water partition coefficient (Wildman–Crippen LogP) is 3.76. The molecule has 0 bridgehead atoms. The average Bonchev–Trinajstić information content (AvgIpc) is 2.35. The van der Waals surface area contributed by atoms with E-state index in [1.54, 1.807) is 0 Å². The standard InChI is InChI=1S/C14H13ClO2/c1-2-12(14(15)16)17-13-9-5-7-10-6-3-4-8-11(10)13/h3-9,12H,2H2,1H3/t12-/m0/s1. The van der Waals surface area contributed by atoms with Gasteiger partial charge in [0.25, 0.3) is 5.24 Å². The Balaban J connectivity index is 2.38.